The Morgan fingerprint density at radius 2 is 1.82 bits per heavy atom. The number of halogens is 1. The summed E-state index contributed by atoms with van der Waals surface area (Å²) in [5.74, 6) is 0. The largest absolute Gasteiger partial charge is 0.192 e. The topological polar surface area (TPSA) is 23.8 Å². The predicted molar refractivity (Wildman–Crippen MR) is 74.2 cm³/mol. The van der Waals surface area contributed by atoms with Gasteiger partial charge < -0.3 is 0 Å². The average molecular weight is 304 g/mol. The van der Waals surface area contributed by atoms with Crippen LogP contribution in [0.25, 0.3) is 0 Å². The molecule has 17 heavy (non-hydrogen) atoms. The van der Waals surface area contributed by atoms with Crippen molar-refractivity contribution in [1.29, 1.82) is 5.26 Å². The van der Waals surface area contributed by atoms with Gasteiger partial charge in [-0.25, -0.2) is 0 Å². The second kappa shape index (κ2) is 5.39. The smallest absolute Gasteiger partial charge is 0.100 e. The van der Waals surface area contributed by atoms with Crippen molar-refractivity contribution < 1.29 is 0 Å². The van der Waals surface area contributed by atoms with Gasteiger partial charge in [-0.3, -0.25) is 0 Å². The maximum atomic E-state index is 9.06. The van der Waals surface area contributed by atoms with Crippen molar-refractivity contribution in [2.75, 3.05) is 0 Å². The lowest BCUT2D eigenvalue weighted by atomic mass is 10.2. The van der Waals surface area contributed by atoms with E-state index < -0.39 is 0 Å². The Labute approximate surface area is 114 Å². The van der Waals surface area contributed by atoms with E-state index in [1.165, 1.54) is 5.56 Å². The Kier molecular flexibility index (Phi) is 3.88. The lowest BCUT2D eigenvalue weighted by Gasteiger charge is -2.05. The van der Waals surface area contributed by atoms with Crippen molar-refractivity contribution in [3.8, 4) is 6.07 Å². The van der Waals surface area contributed by atoms with Gasteiger partial charge in [-0.15, -0.1) is 0 Å². The number of aryl methyl sites for hydroxylation is 1. The highest BCUT2D eigenvalue weighted by atomic mass is 79.9. The van der Waals surface area contributed by atoms with Gasteiger partial charge in [-0.1, -0.05) is 33.8 Å². The van der Waals surface area contributed by atoms with Crippen molar-refractivity contribution in [3.63, 3.8) is 0 Å². The van der Waals surface area contributed by atoms with Crippen LogP contribution < -0.4 is 0 Å². The van der Waals surface area contributed by atoms with Gasteiger partial charge in [0.2, 0.25) is 0 Å². The first-order chi connectivity index (χ1) is 8.19. The van der Waals surface area contributed by atoms with Crippen molar-refractivity contribution in [1.82, 2.24) is 0 Å². The van der Waals surface area contributed by atoms with Gasteiger partial charge in [0.15, 0.2) is 0 Å². The zero-order chi connectivity index (χ0) is 12.3. The molecule has 84 valence electrons. The van der Waals surface area contributed by atoms with Gasteiger partial charge in [-0.2, -0.15) is 5.26 Å². The van der Waals surface area contributed by atoms with E-state index >= 15 is 0 Å². The molecule has 0 aliphatic rings. The summed E-state index contributed by atoms with van der Waals surface area (Å²) in [7, 11) is 0. The molecule has 0 aliphatic heterocycles. The summed E-state index contributed by atoms with van der Waals surface area (Å²) < 4.78 is 1.06. The van der Waals surface area contributed by atoms with Crippen molar-refractivity contribution in [2.24, 2.45) is 0 Å². The Morgan fingerprint density at radius 3 is 2.47 bits per heavy atom. The first-order valence-electron chi connectivity index (χ1n) is 5.13. The summed E-state index contributed by atoms with van der Waals surface area (Å²) >= 11 is 5.03. The minimum Gasteiger partial charge on any atom is -0.192 e. The van der Waals surface area contributed by atoms with E-state index in [1.54, 1.807) is 11.8 Å². The number of hydrogen-bond donors (Lipinski definition) is 0. The first kappa shape index (κ1) is 12.2. The molecule has 2 aromatic carbocycles. The minimum absolute atomic E-state index is 0.725. The van der Waals surface area contributed by atoms with Gasteiger partial charge in [0.25, 0.3) is 0 Å². The second-order valence-corrected chi connectivity index (χ2v) is 5.70. The molecule has 0 N–H and O–H groups in total. The summed E-state index contributed by atoms with van der Waals surface area (Å²) in [4.78, 5) is 2.14. The fourth-order valence-electron chi connectivity index (χ4n) is 1.44. The summed E-state index contributed by atoms with van der Waals surface area (Å²) in [6, 6.07) is 16.2. The average Bonchev–Trinajstić information content (AvgIpc) is 2.32. The van der Waals surface area contributed by atoms with Gasteiger partial charge >= 0.3 is 0 Å². The highest BCUT2D eigenvalue weighted by Gasteiger charge is 2.04. The normalized spacial score (nSPS) is 9.94. The van der Waals surface area contributed by atoms with Gasteiger partial charge in [0.1, 0.15) is 6.07 Å². The molecule has 2 aromatic rings. The highest BCUT2D eigenvalue weighted by molar-refractivity contribution is 9.10. The second-order valence-electron chi connectivity index (χ2n) is 3.67. The van der Waals surface area contributed by atoms with Crippen LogP contribution in [0.1, 0.15) is 11.1 Å². The van der Waals surface area contributed by atoms with Crippen molar-refractivity contribution in [2.45, 2.75) is 16.7 Å². The molecular formula is C14H10BrNS. The fraction of sp³-hybridized carbons (Fsp3) is 0.0714. The lowest BCUT2D eigenvalue weighted by Crippen LogP contribution is -1.83. The standard InChI is InChI=1S/C14H10BrNS/c1-10-2-3-11(9-16)14(8-10)17-13-6-4-12(15)5-7-13/h2-8H,1H3. The third kappa shape index (κ3) is 3.12. The molecular weight excluding hydrogens is 294 g/mol. The summed E-state index contributed by atoms with van der Waals surface area (Å²) in [5, 5.41) is 9.06. The quantitative estimate of drug-likeness (QED) is 0.797. The SMILES string of the molecule is Cc1ccc(C#N)c(Sc2ccc(Br)cc2)c1. The molecule has 0 aliphatic carbocycles. The van der Waals surface area contributed by atoms with Crippen LogP contribution in [0.2, 0.25) is 0 Å². The molecule has 0 spiro atoms. The molecule has 3 heteroatoms. The predicted octanol–water partition coefficient (Wildman–Crippen LogP) is 4.78. The van der Waals surface area contributed by atoms with Crippen LogP contribution in [-0.4, -0.2) is 0 Å². The molecule has 0 amide bonds. The zero-order valence-electron chi connectivity index (χ0n) is 9.27. The Balaban J connectivity index is 2.32. The monoisotopic (exact) mass is 303 g/mol. The molecule has 0 bridgehead atoms. The van der Waals surface area contributed by atoms with E-state index in [-0.39, 0.29) is 0 Å². The van der Waals surface area contributed by atoms with Crippen LogP contribution in [0, 0.1) is 18.3 Å². The van der Waals surface area contributed by atoms with E-state index in [4.69, 9.17) is 5.26 Å². The molecule has 0 fully saturated rings. The Bertz CT molecular complexity index is 570. The van der Waals surface area contributed by atoms with Crippen LogP contribution in [0.15, 0.2) is 56.7 Å². The zero-order valence-corrected chi connectivity index (χ0v) is 11.7. The molecule has 0 atom stereocenters. The van der Waals surface area contributed by atoms with Crippen LogP contribution in [0.4, 0.5) is 0 Å². The molecule has 0 saturated carbocycles. The maximum absolute atomic E-state index is 9.06. The molecule has 1 nitrogen and oxygen atoms in total. The fourth-order valence-corrected chi connectivity index (χ4v) is 2.69. The first-order valence-corrected chi connectivity index (χ1v) is 6.74. The molecule has 0 unspecified atom stereocenters. The molecule has 0 radical (unpaired) electrons. The maximum Gasteiger partial charge on any atom is 0.100 e. The third-order valence-corrected chi connectivity index (χ3v) is 3.89. The van der Waals surface area contributed by atoms with Gasteiger partial charge in [0.05, 0.1) is 5.56 Å². The Morgan fingerprint density at radius 1 is 1.12 bits per heavy atom. The van der Waals surface area contributed by atoms with Crippen molar-refractivity contribution >= 4 is 27.7 Å². The summed E-state index contributed by atoms with van der Waals surface area (Å²) in [6.45, 7) is 2.03. The number of hydrogen-bond acceptors (Lipinski definition) is 2. The van der Waals surface area contributed by atoms with Gasteiger partial charge in [0, 0.05) is 14.3 Å². The van der Waals surface area contributed by atoms with Gasteiger partial charge in [-0.05, 0) is 48.9 Å². The number of nitrogens with zero attached hydrogens (tertiary/aromatic N) is 1. The van der Waals surface area contributed by atoms with Crippen LogP contribution >= 0.6 is 27.7 Å². The number of benzene rings is 2. The van der Waals surface area contributed by atoms with Crippen molar-refractivity contribution in [3.05, 3.63) is 58.1 Å². The minimum atomic E-state index is 0.725. The molecule has 0 saturated heterocycles. The van der Waals surface area contributed by atoms with E-state index in [0.717, 1.165) is 19.8 Å². The highest BCUT2D eigenvalue weighted by Crippen LogP contribution is 2.31. The molecule has 0 heterocycles. The van der Waals surface area contributed by atoms with Crippen LogP contribution in [0.5, 0.6) is 0 Å². The van der Waals surface area contributed by atoms with Crippen LogP contribution in [0.3, 0.4) is 0 Å². The van der Waals surface area contributed by atoms with E-state index in [1.807, 2.05) is 49.4 Å². The number of nitriles is 1. The Hall–Kier alpha value is -1.24. The van der Waals surface area contributed by atoms with E-state index in [0.29, 0.717) is 0 Å². The van der Waals surface area contributed by atoms with Crippen LogP contribution in [-0.2, 0) is 0 Å². The molecule has 2 rings (SSSR count). The summed E-state index contributed by atoms with van der Waals surface area (Å²) in [5.41, 5.74) is 1.90. The number of rotatable bonds is 2. The summed E-state index contributed by atoms with van der Waals surface area (Å²) in [6.07, 6.45) is 0. The third-order valence-electron chi connectivity index (χ3n) is 2.30. The van der Waals surface area contributed by atoms with E-state index in [2.05, 4.69) is 22.0 Å². The van der Waals surface area contributed by atoms with E-state index in [9.17, 15) is 0 Å². The lowest BCUT2D eigenvalue weighted by molar-refractivity contribution is 1.30. The molecule has 0 aromatic heterocycles.